The summed E-state index contributed by atoms with van der Waals surface area (Å²) in [5.41, 5.74) is 0.816. The van der Waals surface area contributed by atoms with Crippen LogP contribution in [0.4, 0.5) is 4.39 Å². The second-order valence-electron chi connectivity index (χ2n) is 3.84. The highest BCUT2D eigenvalue weighted by Gasteiger charge is 2.13. The van der Waals surface area contributed by atoms with Crippen molar-refractivity contribution in [2.45, 2.75) is 0 Å². The Morgan fingerprint density at radius 1 is 1.26 bits per heavy atom. The van der Waals surface area contributed by atoms with Crippen molar-refractivity contribution in [2.24, 2.45) is 0 Å². The van der Waals surface area contributed by atoms with Crippen LogP contribution >= 0.6 is 11.6 Å². The molecule has 0 atom stereocenters. The predicted octanol–water partition coefficient (Wildman–Crippen LogP) is 3.85. The van der Waals surface area contributed by atoms with Crippen molar-refractivity contribution in [2.75, 3.05) is 7.11 Å². The molecule has 5 heteroatoms. The molecule has 0 amide bonds. The van der Waals surface area contributed by atoms with E-state index in [0.29, 0.717) is 21.9 Å². The minimum absolute atomic E-state index is 0.380. The van der Waals surface area contributed by atoms with Crippen LogP contribution in [0.2, 0.25) is 5.02 Å². The minimum Gasteiger partial charge on any atom is -0.496 e. The van der Waals surface area contributed by atoms with E-state index >= 15 is 0 Å². The normalized spacial score (nSPS) is 10.3. The Kier molecular flexibility index (Phi) is 3.71. The summed E-state index contributed by atoms with van der Waals surface area (Å²) in [5, 5.41) is 9.42. The number of rotatable bonds is 3. The van der Waals surface area contributed by atoms with E-state index < -0.39 is 11.8 Å². The first-order valence-electron chi connectivity index (χ1n) is 5.39. The third-order valence-corrected chi connectivity index (χ3v) is 2.91. The molecular formula is C14H10ClFO3. The molecule has 19 heavy (non-hydrogen) atoms. The van der Waals surface area contributed by atoms with E-state index in [0.717, 1.165) is 6.07 Å². The first-order chi connectivity index (χ1) is 9.02. The Hall–Kier alpha value is -2.07. The summed E-state index contributed by atoms with van der Waals surface area (Å²) in [7, 11) is 1.48. The van der Waals surface area contributed by atoms with Crippen LogP contribution in [0.3, 0.4) is 0 Å². The van der Waals surface area contributed by atoms with E-state index in [1.54, 1.807) is 18.2 Å². The van der Waals surface area contributed by atoms with E-state index in [1.165, 1.54) is 19.2 Å². The first kappa shape index (κ1) is 13.4. The Morgan fingerprint density at radius 3 is 2.63 bits per heavy atom. The van der Waals surface area contributed by atoms with E-state index in [-0.39, 0.29) is 5.56 Å². The van der Waals surface area contributed by atoms with Crippen molar-refractivity contribution in [3.8, 4) is 16.9 Å². The number of benzene rings is 2. The van der Waals surface area contributed by atoms with Gasteiger partial charge >= 0.3 is 5.97 Å². The zero-order chi connectivity index (χ0) is 14.0. The van der Waals surface area contributed by atoms with Crippen molar-refractivity contribution in [1.29, 1.82) is 0 Å². The van der Waals surface area contributed by atoms with Crippen molar-refractivity contribution in [3.63, 3.8) is 0 Å². The molecule has 0 radical (unpaired) electrons. The first-order valence-corrected chi connectivity index (χ1v) is 5.77. The number of carbonyl (C=O) groups is 1. The van der Waals surface area contributed by atoms with Crippen LogP contribution in [-0.2, 0) is 0 Å². The van der Waals surface area contributed by atoms with E-state index in [4.69, 9.17) is 21.4 Å². The zero-order valence-corrected chi connectivity index (χ0v) is 10.7. The van der Waals surface area contributed by atoms with Gasteiger partial charge in [0.2, 0.25) is 0 Å². The molecule has 0 aromatic heterocycles. The lowest BCUT2D eigenvalue weighted by atomic mass is 10.0. The van der Waals surface area contributed by atoms with Gasteiger partial charge in [0.15, 0.2) is 0 Å². The molecule has 1 N–H and O–H groups in total. The summed E-state index contributed by atoms with van der Waals surface area (Å²) in [6.07, 6.45) is 0. The molecule has 0 aliphatic heterocycles. The van der Waals surface area contributed by atoms with E-state index in [1.807, 2.05) is 0 Å². The molecule has 0 aliphatic rings. The molecule has 2 aromatic rings. The van der Waals surface area contributed by atoms with Gasteiger partial charge in [-0.15, -0.1) is 0 Å². The van der Waals surface area contributed by atoms with Gasteiger partial charge < -0.3 is 9.84 Å². The predicted molar refractivity (Wildman–Crippen MR) is 70.4 cm³/mol. The fourth-order valence-electron chi connectivity index (χ4n) is 1.76. The van der Waals surface area contributed by atoms with Gasteiger partial charge in [-0.1, -0.05) is 17.7 Å². The highest BCUT2D eigenvalue weighted by molar-refractivity contribution is 6.30. The lowest BCUT2D eigenvalue weighted by Crippen LogP contribution is -2.00. The summed E-state index contributed by atoms with van der Waals surface area (Å²) in [4.78, 5) is 10.9. The average Bonchev–Trinajstić information content (AvgIpc) is 2.39. The van der Waals surface area contributed by atoms with Gasteiger partial charge in [-0.3, -0.25) is 0 Å². The Balaban J connectivity index is 2.59. The maximum absolute atomic E-state index is 13.3. The summed E-state index contributed by atoms with van der Waals surface area (Å²) < 4.78 is 18.5. The van der Waals surface area contributed by atoms with Gasteiger partial charge in [0.25, 0.3) is 0 Å². The number of ether oxygens (including phenoxy) is 1. The lowest BCUT2D eigenvalue weighted by molar-refractivity contribution is 0.0692. The Bertz CT molecular complexity index is 641. The molecular weight excluding hydrogens is 271 g/mol. The number of aromatic carboxylic acids is 1. The molecule has 0 bridgehead atoms. The molecule has 2 rings (SSSR count). The summed E-state index contributed by atoms with van der Waals surface area (Å²) in [5.74, 6) is -1.59. The van der Waals surface area contributed by atoms with Gasteiger partial charge in [0, 0.05) is 10.6 Å². The molecule has 0 spiro atoms. The molecule has 0 aliphatic carbocycles. The minimum atomic E-state index is -1.31. The van der Waals surface area contributed by atoms with Gasteiger partial charge in [-0.25, -0.2) is 9.18 Å². The van der Waals surface area contributed by atoms with Gasteiger partial charge in [0.1, 0.15) is 11.6 Å². The molecule has 0 unspecified atom stereocenters. The molecule has 3 nitrogen and oxygen atoms in total. The summed E-state index contributed by atoms with van der Waals surface area (Å²) in [6, 6.07) is 8.84. The number of methoxy groups -OCH3 is 1. The maximum atomic E-state index is 13.3. The van der Waals surface area contributed by atoms with Crippen LogP contribution in [0.1, 0.15) is 10.4 Å². The fourth-order valence-corrected chi connectivity index (χ4v) is 1.92. The maximum Gasteiger partial charge on any atom is 0.338 e. The number of hydrogen-bond donors (Lipinski definition) is 1. The van der Waals surface area contributed by atoms with Crippen molar-refractivity contribution >= 4 is 17.6 Å². The lowest BCUT2D eigenvalue weighted by Gasteiger charge is -2.10. The largest absolute Gasteiger partial charge is 0.496 e. The fraction of sp³-hybridized carbons (Fsp3) is 0.0714. The van der Waals surface area contributed by atoms with Crippen molar-refractivity contribution < 1.29 is 19.0 Å². The summed E-state index contributed by atoms with van der Waals surface area (Å²) >= 11 is 5.86. The molecule has 98 valence electrons. The molecule has 0 saturated heterocycles. The number of carboxylic acids is 1. The van der Waals surface area contributed by atoms with E-state index in [9.17, 15) is 9.18 Å². The SMILES string of the molecule is COc1cc(Cl)ccc1-c1ccc(F)c(C(=O)O)c1. The Labute approximate surface area is 114 Å². The third kappa shape index (κ3) is 2.69. The topological polar surface area (TPSA) is 46.5 Å². The van der Waals surface area contributed by atoms with Crippen LogP contribution in [0, 0.1) is 5.82 Å². The third-order valence-electron chi connectivity index (χ3n) is 2.67. The second-order valence-corrected chi connectivity index (χ2v) is 4.28. The zero-order valence-electron chi connectivity index (χ0n) is 9.98. The van der Waals surface area contributed by atoms with Crippen LogP contribution < -0.4 is 4.74 Å². The molecule has 0 fully saturated rings. The highest BCUT2D eigenvalue weighted by Crippen LogP contribution is 2.33. The van der Waals surface area contributed by atoms with E-state index in [2.05, 4.69) is 0 Å². The number of halogens is 2. The van der Waals surface area contributed by atoms with Crippen LogP contribution in [-0.4, -0.2) is 18.2 Å². The quantitative estimate of drug-likeness (QED) is 0.929. The number of carboxylic acid groups (broad SMARTS) is 1. The smallest absolute Gasteiger partial charge is 0.338 e. The highest BCUT2D eigenvalue weighted by atomic mass is 35.5. The van der Waals surface area contributed by atoms with Crippen LogP contribution in [0.15, 0.2) is 36.4 Å². The Morgan fingerprint density at radius 2 is 2.00 bits per heavy atom. The van der Waals surface area contributed by atoms with Crippen LogP contribution in [0.5, 0.6) is 5.75 Å². The van der Waals surface area contributed by atoms with Gasteiger partial charge in [-0.05, 0) is 35.9 Å². The van der Waals surface area contributed by atoms with Crippen LogP contribution in [0.25, 0.3) is 11.1 Å². The monoisotopic (exact) mass is 280 g/mol. The van der Waals surface area contributed by atoms with Crippen molar-refractivity contribution in [1.82, 2.24) is 0 Å². The van der Waals surface area contributed by atoms with Gasteiger partial charge in [-0.2, -0.15) is 0 Å². The average molecular weight is 281 g/mol. The number of hydrogen-bond acceptors (Lipinski definition) is 2. The van der Waals surface area contributed by atoms with Gasteiger partial charge in [0.05, 0.1) is 12.7 Å². The molecule has 0 saturated carbocycles. The molecule has 2 aromatic carbocycles. The molecule has 0 heterocycles. The van der Waals surface area contributed by atoms with Crippen molar-refractivity contribution in [3.05, 3.63) is 52.8 Å². The second kappa shape index (κ2) is 5.28. The summed E-state index contributed by atoms with van der Waals surface area (Å²) in [6.45, 7) is 0. The standard InChI is InChI=1S/C14H10ClFO3/c1-19-13-7-9(15)3-4-10(13)8-2-5-12(16)11(6-8)14(17)18/h2-7H,1H3,(H,17,18).